The Morgan fingerprint density at radius 3 is 2.10 bits per heavy atom. The van der Waals surface area contributed by atoms with Gasteiger partial charge in [0.05, 0.1) is 17.5 Å². The van der Waals surface area contributed by atoms with E-state index in [1.165, 1.54) is 16.4 Å². The molecule has 0 heterocycles. The molecule has 0 fully saturated rings. The van der Waals surface area contributed by atoms with Crippen LogP contribution < -0.4 is 5.32 Å². The van der Waals surface area contributed by atoms with Gasteiger partial charge in [0.25, 0.3) is 0 Å². The second kappa shape index (κ2) is 9.89. The normalized spacial score (nSPS) is 12.5. The third-order valence-electron chi connectivity index (χ3n) is 4.65. The van der Waals surface area contributed by atoms with Crippen LogP contribution in [0.4, 0.5) is 0 Å². The highest BCUT2D eigenvalue weighted by Crippen LogP contribution is 2.19. The van der Waals surface area contributed by atoms with Crippen molar-refractivity contribution in [3.05, 3.63) is 101 Å². The van der Waals surface area contributed by atoms with Crippen molar-refractivity contribution in [1.29, 1.82) is 0 Å². The maximum atomic E-state index is 13.2. The van der Waals surface area contributed by atoms with Crippen LogP contribution in [0.1, 0.15) is 24.1 Å². The summed E-state index contributed by atoms with van der Waals surface area (Å²) in [7, 11) is -3.85. The molecule has 0 aliphatic heterocycles. The molecule has 0 aliphatic rings. The molecule has 0 unspecified atom stereocenters. The largest absolute Gasteiger partial charge is 0.348 e. The van der Waals surface area contributed by atoms with Crippen LogP contribution in [0, 0.1) is 0 Å². The highest BCUT2D eigenvalue weighted by Gasteiger charge is 2.27. The molecule has 1 amide bonds. The molecule has 3 aromatic rings. The Labute approximate surface area is 182 Å². The first kappa shape index (κ1) is 22.0. The van der Waals surface area contributed by atoms with E-state index >= 15 is 0 Å². The molecule has 3 aromatic carbocycles. The fourth-order valence-corrected chi connectivity index (χ4v) is 4.57. The Morgan fingerprint density at radius 2 is 1.50 bits per heavy atom. The lowest BCUT2D eigenvalue weighted by Crippen LogP contribution is -2.41. The number of rotatable bonds is 8. The van der Waals surface area contributed by atoms with E-state index < -0.39 is 10.0 Å². The summed E-state index contributed by atoms with van der Waals surface area (Å²) in [5.41, 5.74) is 1.68. The van der Waals surface area contributed by atoms with Crippen LogP contribution in [-0.2, 0) is 21.4 Å². The third kappa shape index (κ3) is 5.69. The van der Waals surface area contributed by atoms with Crippen molar-refractivity contribution in [3.8, 4) is 0 Å². The molecule has 1 atom stereocenters. The lowest BCUT2D eigenvalue weighted by molar-refractivity contribution is -0.122. The first-order chi connectivity index (χ1) is 14.4. The van der Waals surface area contributed by atoms with Gasteiger partial charge in [-0.05, 0) is 42.3 Å². The summed E-state index contributed by atoms with van der Waals surface area (Å²) >= 11 is 5.92. The van der Waals surface area contributed by atoms with Crippen LogP contribution in [0.2, 0.25) is 5.02 Å². The van der Waals surface area contributed by atoms with E-state index in [1.807, 2.05) is 49.4 Å². The molecule has 0 saturated heterocycles. The number of carbonyl (C=O) groups excluding carboxylic acids is 1. The molecule has 7 heteroatoms. The van der Waals surface area contributed by atoms with E-state index in [4.69, 9.17) is 11.6 Å². The molecule has 0 aliphatic carbocycles. The van der Waals surface area contributed by atoms with E-state index in [0.29, 0.717) is 5.02 Å². The van der Waals surface area contributed by atoms with Gasteiger partial charge >= 0.3 is 0 Å². The number of nitrogens with one attached hydrogen (secondary N) is 1. The summed E-state index contributed by atoms with van der Waals surface area (Å²) in [6.07, 6.45) is 0. The van der Waals surface area contributed by atoms with E-state index in [-0.39, 0.29) is 29.9 Å². The van der Waals surface area contributed by atoms with Gasteiger partial charge < -0.3 is 5.32 Å². The highest BCUT2D eigenvalue weighted by atomic mass is 35.5. The molecule has 1 N–H and O–H groups in total. The molecule has 0 spiro atoms. The smallest absolute Gasteiger partial charge is 0.243 e. The quantitative estimate of drug-likeness (QED) is 0.562. The van der Waals surface area contributed by atoms with Gasteiger partial charge in [0.15, 0.2) is 0 Å². The second-order valence-electron chi connectivity index (χ2n) is 6.91. The number of hydrogen-bond donors (Lipinski definition) is 1. The minimum atomic E-state index is -3.85. The zero-order chi connectivity index (χ0) is 21.6. The average molecular weight is 443 g/mol. The Morgan fingerprint density at radius 1 is 0.933 bits per heavy atom. The van der Waals surface area contributed by atoms with Crippen molar-refractivity contribution in [2.45, 2.75) is 24.4 Å². The minimum Gasteiger partial charge on any atom is -0.348 e. The van der Waals surface area contributed by atoms with Gasteiger partial charge in [0.1, 0.15) is 0 Å². The predicted molar refractivity (Wildman–Crippen MR) is 118 cm³/mol. The van der Waals surface area contributed by atoms with Crippen molar-refractivity contribution in [2.75, 3.05) is 6.54 Å². The van der Waals surface area contributed by atoms with Crippen LogP contribution in [0.3, 0.4) is 0 Å². The monoisotopic (exact) mass is 442 g/mol. The molecule has 5 nitrogen and oxygen atoms in total. The maximum Gasteiger partial charge on any atom is 0.243 e. The number of sulfonamides is 1. The molecular weight excluding hydrogens is 420 g/mol. The summed E-state index contributed by atoms with van der Waals surface area (Å²) in [5, 5.41) is 3.48. The van der Waals surface area contributed by atoms with Crippen molar-refractivity contribution in [3.63, 3.8) is 0 Å². The SMILES string of the molecule is C[C@@H](NC(=O)CN(Cc1ccccc1)S(=O)(=O)c1ccccc1)c1ccc(Cl)cc1. The summed E-state index contributed by atoms with van der Waals surface area (Å²) in [4.78, 5) is 12.9. The van der Waals surface area contributed by atoms with Gasteiger partial charge in [-0.1, -0.05) is 72.3 Å². The van der Waals surface area contributed by atoms with E-state index in [0.717, 1.165) is 11.1 Å². The maximum absolute atomic E-state index is 13.2. The van der Waals surface area contributed by atoms with Crippen LogP contribution in [0.25, 0.3) is 0 Å². The number of halogens is 1. The fraction of sp³-hybridized carbons (Fsp3) is 0.174. The molecule has 156 valence electrons. The van der Waals surface area contributed by atoms with Crippen LogP contribution in [0.15, 0.2) is 89.8 Å². The Hall–Kier alpha value is -2.67. The van der Waals surface area contributed by atoms with Gasteiger partial charge in [0.2, 0.25) is 15.9 Å². The number of nitrogens with zero attached hydrogens (tertiary/aromatic N) is 1. The number of hydrogen-bond acceptors (Lipinski definition) is 3. The Balaban J connectivity index is 1.79. The highest BCUT2D eigenvalue weighted by molar-refractivity contribution is 7.89. The fourth-order valence-electron chi connectivity index (χ4n) is 3.04. The zero-order valence-corrected chi connectivity index (χ0v) is 18.1. The van der Waals surface area contributed by atoms with E-state index in [1.54, 1.807) is 30.3 Å². The molecule has 0 bridgehead atoms. The van der Waals surface area contributed by atoms with Crippen LogP contribution >= 0.6 is 11.6 Å². The molecule has 0 radical (unpaired) electrons. The van der Waals surface area contributed by atoms with Crippen LogP contribution in [0.5, 0.6) is 0 Å². The van der Waals surface area contributed by atoms with Gasteiger partial charge in [-0.15, -0.1) is 0 Å². The standard InChI is InChI=1S/C23H23ClN2O3S/c1-18(20-12-14-21(24)15-13-20)25-23(27)17-26(16-19-8-4-2-5-9-19)30(28,29)22-10-6-3-7-11-22/h2-15,18H,16-17H2,1H3,(H,25,27)/t18-/m1/s1. The number of amides is 1. The lowest BCUT2D eigenvalue weighted by atomic mass is 10.1. The molecule has 3 rings (SSSR count). The Kier molecular flexibility index (Phi) is 7.26. The van der Waals surface area contributed by atoms with Gasteiger partial charge in [-0.25, -0.2) is 8.42 Å². The molecule has 30 heavy (non-hydrogen) atoms. The molecular formula is C23H23ClN2O3S. The third-order valence-corrected chi connectivity index (χ3v) is 6.71. The molecule has 0 saturated carbocycles. The van der Waals surface area contributed by atoms with Crippen molar-refractivity contribution in [2.24, 2.45) is 0 Å². The van der Waals surface area contributed by atoms with E-state index in [2.05, 4.69) is 5.32 Å². The average Bonchev–Trinajstić information content (AvgIpc) is 2.75. The number of carbonyl (C=O) groups is 1. The summed E-state index contributed by atoms with van der Waals surface area (Å²) in [6.45, 7) is 1.65. The van der Waals surface area contributed by atoms with Crippen LogP contribution in [-0.4, -0.2) is 25.2 Å². The zero-order valence-electron chi connectivity index (χ0n) is 16.5. The van der Waals surface area contributed by atoms with Crippen molar-refractivity contribution in [1.82, 2.24) is 9.62 Å². The minimum absolute atomic E-state index is 0.0980. The topological polar surface area (TPSA) is 66.5 Å². The van der Waals surface area contributed by atoms with Gasteiger partial charge in [-0.2, -0.15) is 4.31 Å². The number of benzene rings is 3. The summed E-state index contributed by atoms with van der Waals surface area (Å²) in [6, 6.07) is 24.2. The van der Waals surface area contributed by atoms with Crippen molar-refractivity contribution < 1.29 is 13.2 Å². The first-order valence-corrected chi connectivity index (χ1v) is 11.3. The first-order valence-electron chi connectivity index (χ1n) is 9.50. The summed E-state index contributed by atoms with van der Waals surface area (Å²) in [5.74, 6) is -0.382. The molecule has 0 aromatic heterocycles. The predicted octanol–water partition coefficient (Wildman–Crippen LogP) is 4.41. The lowest BCUT2D eigenvalue weighted by Gasteiger charge is -2.23. The summed E-state index contributed by atoms with van der Waals surface area (Å²) < 4.78 is 27.6. The van der Waals surface area contributed by atoms with Gasteiger partial charge in [-0.3, -0.25) is 4.79 Å². The van der Waals surface area contributed by atoms with Crippen molar-refractivity contribution >= 4 is 27.5 Å². The Bertz CT molecular complexity index is 1070. The van der Waals surface area contributed by atoms with E-state index in [9.17, 15) is 13.2 Å². The van der Waals surface area contributed by atoms with Gasteiger partial charge in [0, 0.05) is 11.6 Å². The second-order valence-corrected chi connectivity index (χ2v) is 9.29.